The Labute approximate surface area is 122 Å². The van der Waals surface area contributed by atoms with Crippen LogP contribution in [0.2, 0.25) is 5.02 Å². The van der Waals surface area contributed by atoms with Crippen LogP contribution >= 0.6 is 11.6 Å². The lowest BCUT2D eigenvalue weighted by atomic mass is 10.1. The monoisotopic (exact) mass is 293 g/mol. The van der Waals surface area contributed by atoms with Crippen LogP contribution in [0.1, 0.15) is 28.7 Å². The molecule has 2 rings (SSSR count). The molecule has 0 spiro atoms. The zero-order valence-electron chi connectivity index (χ0n) is 11.7. The fourth-order valence-corrected chi connectivity index (χ4v) is 2.26. The minimum absolute atomic E-state index is 0.0687. The Morgan fingerprint density at radius 1 is 1.50 bits per heavy atom. The summed E-state index contributed by atoms with van der Waals surface area (Å²) < 4.78 is 6.91. The quantitative estimate of drug-likeness (QED) is 0.795. The van der Waals surface area contributed by atoms with E-state index in [4.69, 9.17) is 16.3 Å². The van der Waals surface area contributed by atoms with Gasteiger partial charge in [-0.2, -0.15) is 5.10 Å². The van der Waals surface area contributed by atoms with Gasteiger partial charge in [-0.3, -0.25) is 14.5 Å². The number of pyridine rings is 1. The number of Topliss-reactive ketones (excluding diaryl/α,β-unsaturated/α-hetero) is 1. The molecule has 6 heteroatoms. The van der Waals surface area contributed by atoms with E-state index in [0.717, 1.165) is 11.4 Å². The first-order valence-corrected chi connectivity index (χ1v) is 6.69. The predicted molar refractivity (Wildman–Crippen MR) is 76.5 cm³/mol. The van der Waals surface area contributed by atoms with Crippen molar-refractivity contribution >= 4 is 17.4 Å². The number of carbonyl (C=O) groups is 1. The van der Waals surface area contributed by atoms with Crippen molar-refractivity contribution in [1.29, 1.82) is 0 Å². The molecule has 0 fully saturated rings. The molecule has 0 amide bonds. The highest BCUT2D eigenvalue weighted by atomic mass is 35.5. The smallest absolute Gasteiger partial charge is 0.172 e. The van der Waals surface area contributed by atoms with Crippen LogP contribution in [-0.4, -0.2) is 27.7 Å². The van der Waals surface area contributed by atoms with Crippen LogP contribution in [0.25, 0.3) is 0 Å². The molecule has 2 aromatic heterocycles. The number of carbonyl (C=O) groups excluding carboxylic acids is 1. The van der Waals surface area contributed by atoms with Crippen molar-refractivity contribution in [3.05, 3.63) is 40.4 Å². The molecule has 2 heterocycles. The van der Waals surface area contributed by atoms with Crippen LogP contribution in [-0.2, 0) is 13.0 Å². The Balaban J connectivity index is 2.33. The molecule has 2 aromatic rings. The van der Waals surface area contributed by atoms with Crippen LogP contribution in [0.15, 0.2) is 18.5 Å². The molecule has 0 radical (unpaired) electrons. The molecule has 0 aliphatic rings. The summed E-state index contributed by atoms with van der Waals surface area (Å²) in [5, 5.41) is 4.86. The van der Waals surface area contributed by atoms with Gasteiger partial charge in [0, 0.05) is 12.7 Å². The van der Waals surface area contributed by atoms with Crippen LogP contribution in [0, 0.1) is 6.92 Å². The third-order valence-corrected chi connectivity index (χ3v) is 3.58. The van der Waals surface area contributed by atoms with Gasteiger partial charge in [0.15, 0.2) is 5.78 Å². The fraction of sp³-hybridized carbons (Fsp3) is 0.357. The number of rotatable bonds is 5. The van der Waals surface area contributed by atoms with Crippen molar-refractivity contribution in [2.24, 2.45) is 0 Å². The maximum absolute atomic E-state index is 12.4. The van der Waals surface area contributed by atoms with Gasteiger partial charge in [0.2, 0.25) is 0 Å². The van der Waals surface area contributed by atoms with E-state index in [1.54, 1.807) is 16.9 Å². The molecule has 0 saturated carbocycles. The molecule has 0 bridgehead atoms. The number of aryl methyl sites for hydroxylation is 2. The standard InChI is InChI=1S/C14H16ClN3O2/c1-4-18-11(14(15)9(2)17-18)7-12(19)10-5-6-16-8-13(10)20-3/h5-6,8H,4,7H2,1-3H3. The molecular formula is C14H16ClN3O2. The van der Waals surface area contributed by atoms with Crippen LogP contribution in [0.3, 0.4) is 0 Å². The Bertz CT molecular complexity index is 637. The van der Waals surface area contributed by atoms with Gasteiger partial charge in [-0.15, -0.1) is 0 Å². The molecule has 0 aliphatic heterocycles. The zero-order chi connectivity index (χ0) is 14.7. The number of halogens is 1. The lowest BCUT2D eigenvalue weighted by Crippen LogP contribution is -2.11. The van der Waals surface area contributed by atoms with E-state index in [1.165, 1.54) is 13.3 Å². The number of methoxy groups -OCH3 is 1. The molecule has 0 unspecified atom stereocenters. The molecule has 106 valence electrons. The molecule has 0 N–H and O–H groups in total. The zero-order valence-corrected chi connectivity index (χ0v) is 12.4. The van der Waals surface area contributed by atoms with Crippen molar-refractivity contribution in [3.63, 3.8) is 0 Å². The van der Waals surface area contributed by atoms with Crippen molar-refractivity contribution in [2.75, 3.05) is 7.11 Å². The molecule has 20 heavy (non-hydrogen) atoms. The first-order valence-electron chi connectivity index (χ1n) is 6.31. The highest BCUT2D eigenvalue weighted by molar-refractivity contribution is 6.32. The average Bonchev–Trinajstić information content (AvgIpc) is 2.74. The number of ketones is 1. The van der Waals surface area contributed by atoms with Gasteiger partial charge < -0.3 is 4.74 Å². The third-order valence-electron chi connectivity index (χ3n) is 3.09. The van der Waals surface area contributed by atoms with Gasteiger partial charge in [-0.05, 0) is 19.9 Å². The van der Waals surface area contributed by atoms with Gasteiger partial charge in [-0.1, -0.05) is 11.6 Å². The summed E-state index contributed by atoms with van der Waals surface area (Å²) >= 11 is 6.22. The van der Waals surface area contributed by atoms with Gasteiger partial charge in [0.25, 0.3) is 0 Å². The summed E-state index contributed by atoms with van der Waals surface area (Å²) in [6.45, 7) is 4.46. The van der Waals surface area contributed by atoms with E-state index in [-0.39, 0.29) is 12.2 Å². The molecule has 5 nitrogen and oxygen atoms in total. The summed E-state index contributed by atoms with van der Waals surface area (Å²) in [6, 6.07) is 1.65. The Morgan fingerprint density at radius 2 is 2.25 bits per heavy atom. The van der Waals surface area contributed by atoms with Gasteiger partial charge in [0.05, 0.1) is 41.7 Å². The van der Waals surface area contributed by atoms with E-state index in [9.17, 15) is 4.79 Å². The molecule has 0 aromatic carbocycles. The van der Waals surface area contributed by atoms with Crippen molar-refractivity contribution in [3.8, 4) is 5.75 Å². The van der Waals surface area contributed by atoms with Crippen molar-refractivity contribution in [1.82, 2.24) is 14.8 Å². The van der Waals surface area contributed by atoms with Crippen molar-refractivity contribution in [2.45, 2.75) is 26.8 Å². The van der Waals surface area contributed by atoms with Crippen LogP contribution in [0.5, 0.6) is 5.75 Å². The molecule has 0 saturated heterocycles. The third kappa shape index (κ3) is 2.67. The number of hydrogen-bond acceptors (Lipinski definition) is 4. The lowest BCUT2D eigenvalue weighted by molar-refractivity contribution is 0.0987. The topological polar surface area (TPSA) is 57.0 Å². The summed E-state index contributed by atoms with van der Waals surface area (Å²) in [7, 11) is 1.52. The number of aromatic nitrogens is 3. The largest absolute Gasteiger partial charge is 0.494 e. The SMILES string of the molecule is CCn1nc(C)c(Cl)c1CC(=O)c1ccncc1OC. The molecule has 0 atom stereocenters. The molecule has 0 aliphatic carbocycles. The highest BCUT2D eigenvalue weighted by Crippen LogP contribution is 2.24. The average molecular weight is 294 g/mol. The predicted octanol–water partition coefficient (Wildman–Crippen LogP) is 2.69. The first-order chi connectivity index (χ1) is 9.58. The van der Waals surface area contributed by atoms with Crippen molar-refractivity contribution < 1.29 is 9.53 Å². The maximum Gasteiger partial charge on any atom is 0.172 e. The fourth-order valence-electron chi connectivity index (χ4n) is 2.06. The lowest BCUT2D eigenvalue weighted by Gasteiger charge is -2.08. The van der Waals surface area contributed by atoms with Crippen LogP contribution in [0.4, 0.5) is 0 Å². The maximum atomic E-state index is 12.4. The number of nitrogens with zero attached hydrogens (tertiary/aromatic N) is 3. The van der Waals surface area contributed by atoms with E-state index in [1.807, 2.05) is 13.8 Å². The highest BCUT2D eigenvalue weighted by Gasteiger charge is 2.19. The van der Waals surface area contributed by atoms with Gasteiger partial charge in [0.1, 0.15) is 5.75 Å². The summed E-state index contributed by atoms with van der Waals surface area (Å²) in [4.78, 5) is 16.4. The van der Waals surface area contributed by atoms with E-state index < -0.39 is 0 Å². The Kier molecular flexibility index (Phi) is 4.39. The van der Waals surface area contributed by atoms with Gasteiger partial charge >= 0.3 is 0 Å². The van der Waals surface area contributed by atoms with E-state index in [2.05, 4.69) is 10.1 Å². The minimum atomic E-state index is -0.0687. The summed E-state index contributed by atoms with van der Waals surface area (Å²) in [6.07, 6.45) is 3.28. The second-order valence-electron chi connectivity index (χ2n) is 4.34. The number of hydrogen-bond donors (Lipinski definition) is 0. The summed E-state index contributed by atoms with van der Waals surface area (Å²) in [5.41, 5.74) is 1.97. The van der Waals surface area contributed by atoms with Gasteiger partial charge in [-0.25, -0.2) is 0 Å². The second kappa shape index (κ2) is 6.05. The summed E-state index contributed by atoms with van der Waals surface area (Å²) in [5.74, 6) is 0.397. The Hall–Kier alpha value is -1.88. The normalized spacial score (nSPS) is 10.6. The second-order valence-corrected chi connectivity index (χ2v) is 4.72. The molecular weight excluding hydrogens is 278 g/mol. The van der Waals surface area contributed by atoms with E-state index in [0.29, 0.717) is 22.9 Å². The minimum Gasteiger partial charge on any atom is -0.494 e. The first kappa shape index (κ1) is 14.5. The Morgan fingerprint density at radius 3 is 2.90 bits per heavy atom. The van der Waals surface area contributed by atoms with Crippen LogP contribution < -0.4 is 4.74 Å². The number of ether oxygens (including phenoxy) is 1. The van der Waals surface area contributed by atoms with E-state index >= 15 is 0 Å².